The molecule has 7 rings (SSSR count). The van der Waals surface area contributed by atoms with Crippen molar-refractivity contribution in [3.05, 3.63) is 112 Å². The number of aliphatic hydroxyl groups excluding tert-OH is 1. The van der Waals surface area contributed by atoms with Crippen LogP contribution in [0.4, 0.5) is 5.95 Å². The minimum atomic E-state index is -1.33. The van der Waals surface area contributed by atoms with Gasteiger partial charge in [0.1, 0.15) is 34.9 Å². The molecule has 2 aliphatic rings. The molecular formula is C37H39N5O8. The Bertz CT molecular complexity index is 2000. The largest absolute Gasteiger partial charge is 0.497 e. The summed E-state index contributed by atoms with van der Waals surface area (Å²) in [4.78, 5) is 36.7. The van der Waals surface area contributed by atoms with E-state index >= 15 is 0 Å². The SMILES string of the molecule is COc1ccc(C(OC[C@]23O[C@@H](n4cnc5c(=O)[nH]c(NC(=O)C(C)C)nc54)[C@H](O[C@H]2C)[C@@H]3O)(c2ccccc2)c2ccc(OC)cc2)cc1. The number of fused-ring (bicyclic) bond motifs is 3. The molecule has 50 heavy (non-hydrogen) atoms. The molecule has 0 aliphatic carbocycles. The molecule has 3 aromatic carbocycles. The van der Waals surface area contributed by atoms with E-state index < -0.39 is 41.3 Å². The smallest absolute Gasteiger partial charge is 0.280 e. The first-order valence-electron chi connectivity index (χ1n) is 16.4. The standard InChI is InChI=1S/C37H39N5O8/c1-21(2)32(44)40-35-39-31-28(33(45)41-35)38-20-42(31)34-29-30(43)36(50-34,22(3)49-29)19-48-37(23-9-7-6-8-10-23,24-11-15-26(46-4)16-12-24)25-13-17-27(47-5)18-14-25/h6-18,20-22,29-30,34,43H,19H2,1-5H3,(H2,39,40,41,44,45)/t22-,29+,30-,34+,36-/m0/s1. The van der Waals surface area contributed by atoms with Crippen LogP contribution in [0.3, 0.4) is 0 Å². The Morgan fingerprint density at radius 2 is 1.60 bits per heavy atom. The van der Waals surface area contributed by atoms with E-state index in [9.17, 15) is 14.7 Å². The molecule has 2 saturated heterocycles. The van der Waals surface area contributed by atoms with Gasteiger partial charge in [-0.15, -0.1) is 0 Å². The normalized spacial score (nSPS) is 23.0. The number of H-pyrrole nitrogens is 1. The highest BCUT2D eigenvalue weighted by Crippen LogP contribution is 2.51. The lowest BCUT2D eigenvalue weighted by molar-refractivity contribution is -0.230. The molecule has 0 radical (unpaired) electrons. The second-order valence-corrected chi connectivity index (χ2v) is 12.8. The van der Waals surface area contributed by atoms with Gasteiger partial charge in [0.05, 0.1) is 33.3 Å². The van der Waals surface area contributed by atoms with Crippen LogP contribution in [0.1, 0.15) is 43.7 Å². The molecule has 2 fully saturated rings. The molecule has 260 valence electrons. The fourth-order valence-electron chi connectivity index (χ4n) is 6.80. The predicted octanol–water partition coefficient (Wildman–Crippen LogP) is 4.16. The molecule has 2 aliphatic heterocycles. The molecule has 0 spiro atoms. The summed E-state index contributed by atoms with van der Waals surface area (Å²) >= 11 is 0. The van der Waals surface area contributed by atoms with Gasteiger partial charge >= 0.3 is 0 Å². The number of aromatic nitrogens is 4. The van der Waals surface area contributed by atoms with Gasteiger partial charge in [0.2, 0.25) is 11.9 Å². The lowest BCUT2D eigenvalue weighted by Crippen LogP contribution is -2.52. The molecule has 13 heteroatoms. The Morgan fingerprint density at radius 3 is 2.18 bits per heavy atom. The fraction of sp³-hybridized carbons (Fsp3) is 0.351. The number of methoxy groups -OCH3 is 2. The van der Waals surface area contributed by atoms with Gasteiger partial charge in [-0.05, 0) is 47.9 Å². The molecule has 0 unspecified atom stereocenters. The molecule has 0 saturated carbocycles. The summed E-state index contributed by atoms with van der Waals surface area (Å²) in [5, 5.41) is 14.5. The maximum Gasteiger partial charge on any atom is 0.280 e. The average Bonchev–Trinajstić information content (AvgIpc) is 3.76. The van der Waals surface area contributed by atoms with Gasteiger partial charge in [0.15, 0.2) is 17.4 Å². The zero-order valence-electron chi connectivity index (χ0n) is 28.3. The van der Waals surface area contributed by atoms with Crippen LogP contribution in [0.2, 0.25) is 0 Å². The van der Waals surface area contributed by atoms with Crippen LogP contribution >= 0.6 is 0 Å². The lowest BCUT2D eigenvalue weighted by atomic mass is 9.79. The molecule has 5 atom stereocenters. The number of hydrogen-bond donors (Lipinski definition) is 3. The Hall–Kier alpha value is -5.08. The number of aromatic amines is 1. The zero-order chi connectivity index (χ0) is 35.2. The lowest BCUT2D eigenvalue weighted by Gasteiger charge is -2.41. The van der Waals surface area contributed by atoms with Gasteiger partial charge in [-0.1, -0.05) is 68.4 Å². The van der Waals surface area contributed by atoms with E-state index in [1.807, 2.05) is 85.8 Å². The van der Waals surface area contributed by atoms with E-state index in [-0.39, 0.29) is 35.5 Å². The minimum absolute atomic E-state index is 0.0226. The van der Waals surface area contributed by atoms with E-state index in [0.29, 0.717) is 11.5 Å². The van der Waals surface area contributed by atoms with Gasteiger partial charge in [-0.3, -0.25) is 24.5 Å². The zero-order valence-corrected chi connectivity index (χ0v) is 28.3. The highest BCUT2D eigenvalue weighted by atomic mass is 16.7. The Balaban J connectivity index is 1.29. The molecule has 2 bridgehead atoms. The van der Waals surface area contributed by atoms with Crippen molar-refractivity contribution in [2.75, 3.05) is 26.1 Å². The van der Waals surface area contributed by atoms with Crippen molar-refractivity contribution in [3.8, 4) is 11.5 Å². The van der Waals surface area contributed by atoms with Gasteiger partial charge in [0, 0.05) is 5.92 Å². The predicted molar refractivity (Wildman–Crippen MR) is 183 cm³/mol. The maximum absolute atomic E-state index is 12.9. The third kappa shape index (κ3) is 5.42. The Kier molecular flexibility index (Phi) is 8.68. The van der Waals surface area contributed by atoms with Gasteiger partial charge in [0.25, 0.3) is 5.56 Å². The van der Waals surface area contributed by atoms with Crippen LogP contribution in [-0.4, -0.2) is 75.3 Å². The summed E-state index contributed by atoms with van der Waals surface area (Å²) < 4.78 is 32.7. The number of rotatable bonds is 11. The fourth-order valence-corrected chi connectivity index (χ4v) is 6.80. The second-order valence-electron chi connectivity index (χ2n) is 12.8. The van der Waals surface area contributed by atoms with E-state index in [4.69, 9.17) is 23.7 Å². The van der Waals surface area contributed by atoms with Crippen LogP contribution in [0, 0.1) is 5.92 Å². The number of benzene rings is 3. The van der Waals surface area contributed by atoms with Gasteiger partial charge < -0.3 is 28.8 Å². The van der Waals surface area contributed by atoms with E-state index in [0.717, 1.165) is 16.7 Å². The summed E-state index contributed by atoms with van der Waals surface area (Å²) in [6.07, 6.45) is -2.03. The first-order valence-corrected chi connectivity index (χ1v) is 16.4. The number of ether oxygens (including phenoxy) is 5. The first-order chi connectivity index (χ1) is 24.1. The molecule has 13 nitrogen and oxygen atoms in total. The summed E-state index contributed by atoms with van der Waals surface area (Å²) in [5.74, 6) is 0.709. The van der Waals surface area contributed by atoms with Crippen molar-refractivity contribution in [3.63, 3.8) is 0 Å². The summed E-state index contributed by atoms with van der Waals surface area (Å²) in [7, 11) is 3.23. The number of hydrogen-bond acceptors (Lipinski definition) is 10. The van der Waals surface area contributed by atoms with Crippen molar-refractivity contribution in [1.29, 1.82) is 0 Å². The molecule has 1 amide bonds. The van der Waals surface area contributed by atoms with Crippen LogP contribution in [-0.2, 0) is 24.6 Å². The number of aliphatic hydroxyl groups is 1. The second kappa shape index (κ2) is 13.0. The number of imidazole rings is 1. The highest BCUT2D eigenvalue weighted by Gasteiger charge is 2.66. The van der Waals surface area contributed by atoms with Gasteiger partial charge in [-0.2, -0.15) is 4.98 Å². The van der Waals surface area contributed by atoms with E-state index in [1.54, 1.807) is 32.6 Å². The maximum atomic E-state index is 12.9. The Morgan fingerprint density at radius 1 is 1.00 bits per heavy atom. The molecule has 2 aromatic heterocycles. The first kappa shape index (κ1) is 33.4. The number of carbonyl (C=O) groups is 1. The van der Waals surface area contributed by atoms with E-state index in [1.165, 1.54) is 6.33 Å². The van der Waals surface area contributed by atoms with Crippen molar-refractivity contribution >= 4 is 23.0 Å². The molecule has 3 N–H and O–H groups in total. The number of carbonyl (C=O) groups excluding carboxylic acids is 1. The van der Waals surface area contributed by atoms with Crippen molar-refractivity contribution < 1.29 is 33.6 Å². The van der Waals surface area contributed by atoms with Crippen LogP contribution < -0.4 is 20.3 Å². The quantitative estimate of drug-likeness (QED) is 0.173. The molecular weight excluding hydrogens is 642 g/mol. The topological polar surface area (TPSA) is 159 Å². The van der Waals surface area contributed by atoms with Crippen molar-refractivity contribution in [1.82, 2.24) is 19.5 Å². The highest BCUT2D eigenvalue weighted by molar-refractivity contribution is 5.91. The third-order valence-electron chi connectivity index (χ3n) is 9.64. The number of amides is 1. The molecule has 4 heterocycles. The van der Waals surface area contributed by atoms with Crippen LogP contribution in [0.15, 0.2) is 90.0 Å². The minimum Gasteiger partial charge on any atom is -0.497 e. The number of nitrogens with zero attached hydrogens (tertiary/aromatic N) is 3. The summed E-state index contributed by atoms with van der Waals surface area (Å²) in [5.41, 5.74) is -0.339. The summed E-state index contributed by atoms with van der Waals surface area (Å²) in [6.45, 7) is 5.21. The average molecular weight is 682 g/mol. The van der Waals surface area contributed by atoms with Crippen molar-refractivity contribution in [2.24, 2.45) is 5.92 Å². The van der Waals surface area contributed by atoms with Crippen molar-refractivity contribution in [2.45, 2.75) is 56.5 Å². The molecule has 5 aromatic rings. The van der Waals surface area contributed by atoms with Crippen LogP contribution in [0.5, 0.6) is 11.5 Å². The number of nitrogens with one attached hydrogen (secondary N) is 2. The monoisotopic (exact) mass is 681 g/mol. The third-order valence-corrected chi connectivity index (χ3v) is 9.64. The van der Waals surface area contributed by atoms with Crippen LogP contribution in [0.25, 0.3) is 11.2 Å². The Labute approximate surface area is 288 Å². The van der Waals surface area contributed by atoms with E-state index in [2.05, 4.69) is 20.3 Å². The van der Waals surface area contributed by atoms with Gasteiger partial charge in [-0.25, -0.2) is 4.98 Å². The number of anilines is 1. The summed E-state index contributed by atoms with van der Waals surface area (Å²) in [6, 6.07) is 25.2.